The number of anilines is 1. The van der Waals surface area contributed by atoms with Gasteiger partial charge in [-0.25, -0.2) is 4.90 Å². The number of phenolic OH excluding ortho intramolecular Hbond substituents is 1. The van der Waals surface area contributed by atoms with Crippen molar-refractivity contribution >= 4 is 34.7 Å². The number of amides is 2. The predicted molar refractivity (Wildman–Crippen MR) is 89.6 cm³/mol. The van der Waals surface area contributed by atoms with Crippen molar-refractivity contribution in [2.45, 2.75) is 0 Å². The number of hydrogen-bond acceptors (Lipinski definition) is 5. The van der Waals surface area contributed by atoms with Crippen molar-refractivity contribution < 1.29 is 19.4 Å². The molecule has 2 aromatic carbocycles. The molecule has 2 aromatic rings. The van der Waals surface area contributed by atoms with Crippen molar-refractivity contribution in [2.75, 3.05) is 12.0 Å². The van der Waals surface area contributed by atoms with Crippen LogP contribution in [0, 0.1) is 0 Å². The number of aromatic hydroxyl groups is 1. The first-order valence-corrected chi connectivity index (χ1v) is 7.61. The highest BCUT2D eigenvalue weighted by Gasteiger charge is 2.36. The van der Waals surface area contributed by atoms with Gasteiger partial charge in [0.2, 0.25) is 0 Å². The highest BCUT2D eigenvalue weighted by atomic mass is 32.2. The Morgan fingerprint density at radius 3 is 2.52 bits per heavy atom. The molecule has 1 heterocycles. The van der Waals surface area contributed by atoms with Crippen LogP contribution in [0.25, 0.3) is 6.08 Å². The SMILES string of the molecule is COc1ccc(N2C(=O)S/C(=C\c3cccc(O)c3)C2=O)cc1. The third-order valence-corrected chi connectivity index (χ3v) is 4.16. The maximum atomic E-state index is 12.5. The minimum atomic E-state index is -0.381. The Morgan fingerprint density at radius 1 is 1.13 bits per heavy atom. The maximum absolute atomic E-state index is 12.5. The molecule has 23 heavy (non-hydrogen) atoms. The number of carbonyl (C=O) groups is 2. The minimum Gasteiger partial charge on any atom is -0.508 e. The fourth-order valence-electron chi connectivity index (χ4n) is 2.19. The molecule has 0 radical (unpaired) electrons. The standard InChI is InChI=1S/C17H13NO4S/c1-22-14-7-5-12(6-8-14)18-16(20)15(23-17(18)21)10-11-3-2-4-13(19)9-11/h2-10,19H,1H3/b15-10-. The molecule has 0 aromatic heterocycles. The number of ether oxygens (including phenoxy) is 1. The van der Waals surface area contributed by atoms with Crippen molar-refractivity contribution in [3.05, 3.63) is 59.0 Å². The first-order valence-electron chi connectivity index (χ1n) is 6.79. The van der Waals surface area contributed by atoms with Crippen LogP contribution in [0.5, 0.6) is 11.5 Å². The number of imide groups is 1. The topological polar surface area (TPSA) is 66.8 Å². The fourth-order valence-corrected chi connectivity index (χ4v) is 3.03. The van der Waals surface area contributed by atoms with E-state index in [0.717, 1.165) is 16.7 Å². The van der Waals surface area contributed by atoms with Gasteiger partial charge in [0.15, 0.2) is 0 Å². The number of phenols is 1. The lowest BCUT2D eigenvalue weighted by molar-refractivity contribution is -0.113. The Hall–Kier alpha value is -2.73. The predicted octanol–water partition coefficient (Wildman–Crippen LogP) is 3.64. The third-order valence-electron chi connectivity index (χ3n) is 3.29. The second-order valence-corrected chi connectivity index (χ2v) is 5.80. The summed E-state index contributed by atoms with van der Waals surface area (Å²) >= 11 is 0.873. The van der Waals surface area contributed by atoms with Crippen molar-refractivity contribution in [1.82, 2.24) is 0 Å². The van der Waals surface area contributed by atoms with E-state index in [0.29, 0.717) is 21.9 Å². The Morgan fingerprint density at radius 2 is 1.87 bits per heavy atom. The van der Waals surface area contributed by atoms with Gasteiger partial charge in [-0.3, -0.25) is 9.59 Å². The number of carbonyl (C=O) groups excluding carboxylic acids is 2. The summed E-state index contributed by atoms with van der Waals surface area (Å²) in [6.07, 6.45) is 1.59. The molecule has 1 N–H and O–H groups in total. The molecule has 1 fully saturated rings. The van der Waals surface area contributed by atoms with Crippen molar-refractivity contribution in [2.24, 2.45) is 0 Å². The summed E-state index contributed by atoms with van der Waals surface area (Å²) in [5.41, 5.74) is 1.15. The van der Waals surface area contributed by atoms with E-state index in [-0.39, 0.29) is 16.9 Å². The molecular formula is C17H13NO4S. The summed E-state index contributed by atoms with van der Waals surface area (Å²) in [6.45, 7) is 0. The van der Waals surface area contributed by atoms with Crippen LogP contribution in [0.3, 0.4) is 0 Å². The van der Waals surface area contributed by atoms with Gasteiger partial charge in [-0.05, 0) is 59.8 Å². The van der Waals surface area contributed by atoms with E-state index in [4.69, 9.17) is 4.74 Å². The van der Waals surface area contributed by atoms with Crippen LogP contribution in [-0.2, 0) is 4.79 Å². The molecule has 5 nitrogen and oxygen atoms in total. The summed E-state index contributed by atoms with van der Waals surface area (Å²) in [4.78, 5) is 26.1. The second-order valence-electron chi connectivity index (χ2n) is 4.81. The van der Waals surface area contributed by atoms with Crippen molar-refractivity contribution in [3.8, 4) is 11.5 Å². The van der Waals surface area contributed by atoms with Gasteiger partial charge in [-0.1, -0.05) is 12.1 Å². The molecular weight excluding hydrogens is 314 g/mol. The van der Waals surface area contributed by atoms with Gasteiger partial charge in [0.1, 0.15) is 11.5 Å². The maximum Gasteiger partial charge on any atom is 0.298 e. The van der Waals surface area contributed by atoms with Gasteiger partial charge in [0.05, 0.1) is 17.7 Å². The molecule has 0 unspecified atom stereocenters. The Labute approximate surface area is 137 Å². The van der Waals surface area contributed by atoms with Crippen LogP contribution in [0.1, 0.15) is 5.56 Å². The van der Waals surface area contributed by atoms with E-state index >= 15 is 0 Å². The number of nitrogens with zero attached hydrogens (tertiary/aromatic N) is 1. The molecule has 1 saturated heterocycles. The van der Waals surface area contributed by atoms with Gasteiger partial charge in [-0.2, -0.15) is 0 Å². The summed E-state index contributed by atoms with van der Waals surface area (Å²) in [5, 5.41) is 9.12. The minimum absolute atomic E-state index is 0.105. The highest BCUT2D eigenvalue weighted by Crippen LogP contribution is 2.36. The van der Waals surface area contributed by atoms with Crippen molar-refractivity contribution in [1.29, 1.82) is 0 Å². The van der Waals surface area contributed by atoms with Gasteiger partial charge in [-0.15, -0.1) is 0 Å². The molecule has 1 aliphatic heterocycles. The van der Waals surface area contributed by atoms with Gasteiger partial charge in [0.25, 0.3) is 11.1 Å². The number of methoxy groups -OCH3 is 1. The van der Waals surface area contributed by atoms with Crippen LogP contribution in [-0.4, -0.2) is 23.4 Å². The van der Waals surface area contributed by atoms with E-state index in [1.807, 2.05) is 0 Å². The zero-order valence-corrected chi connectivity index (χ0v) is 13.0. The molecule has 6 heteroatoms. The average Bonchev–Trinajstić information content (AvgIpc) is 2.81. The number of rotatable bonds is 3. The van der Waals surface area contributed by atoms with E-state index in [2.05, 4.69) is 0 Å². The smallest absolute Gasteiger partial charge is 0.298 e. The van der Waals surface area contributed by atoms with Crippen LogP contribution < -0.4 is 9.64 Å². The second kappa shape index (κ2) is 6.18. The Kier molecular flexibility index (Phi) is 4.08. The zero-order chi connectivity index (χ0) is 16.4. The largest absolute Gasteiger partial charge is 0.508 e. The highest BCUT2D eigenvalue weighted by molar-refractivity contribution is 8.19. The summed E-state index contributed by atoms with van der Waals surface area (Å²) in [6, 6.07) is 13.2. The molecule has 0 atom stereocenters. The molecule has 0 saturated carbocycles. The molecule has 0 aliphatic carbocycles. The third kappa shape index (κ3) is 3.07. The molecule has 0 spiro atoms. The number of thioether (sulfide) groups is 1. The van der Waals surface area contributed by atoms with Crippen LogP contribution in [0.4, 0.5) is 10.5 Å². The zero-order valence-electron chi connectivity index (χ0n) is 12.2. The summed E-state index contributed by atoms with van der Waals surface area (Å²) in [5.74, 6) is 0.373. The monoisotopic (exact) mass is 327 g/mol. The van der Waals surface area contributed by atoms with Crippen LogP contribution in [0.15, 0.2) is 53.4 Å². The quantitative estimate of drug-likeness (QED) is 0.872. The van der Waals surface area contributed by atoms with E-state index in [9.17, 15) is 14.7 Å². The lowest BCUT2D eigenvalue weighted by Gasteiger charge is -2.12. The molecule has 1 aliphatic rings. The molecule has 3 rings (SSSR count). The first-order chi connectivity index (χ1) is 11.1. The lowest BCUT2D eigenvalue weighted by Crippen LogP contribution is -2.27. The van der Waals surface area contributed by atoms with Crippen molar-refractivity contribution in [3.63, 3.8) is 0 Å². The summed E-state index contributed by atoms with van der Waals surface area (Å²) < 4.78 is 5.07. The van der Waals surface area contributed by atoms with Gasteiger partial charge < -0.3 is 9.84 Å². The summed E-state index contributed by atoms with van der Waals surface area (Å²) in [7, 11) is 1.55. The van der Waals surface area contributed by atoms with E-state index < -0.39 is 0 Å². The average molecular weight is 327 g/mol. The Bertz CT molecular complexity index is 798. The Balaban J connectivity index is 1.90. The first kappa shape index (κ1) is 15.2. The fraction of sp³-hybridized carbons (Fsp3) is 0.0588. The van der Waals surface area contributed by atoms with Gasteiger partial charge in [0, 0.05) is 0 Å². The lowest BCUT2D eigenvalue weighted by atomic mass is 10.2. The van der Waals surface area contributed by atoms with Crippen LogP contribution >= 0.6 is 11.8 Å². The number of benzene rings is 2. The normalized spacial score (nSPS) is 16.2. The van der Waals surface area contributed by atoms with E-state index in [1.165, 1.54) is 6.07 Å². The van der Waals surface area contributed by atoms with E-state index in [1.54, 1.807) is 55.7 Å². The molecule has 0 bridgehead atoms. The molecule has 116 valence electrons. The van der Waals surface area contributed by atoms with Gasteiger partial charge >= 0.3 is 0 Å². The number of hydrogen-bond donors (Lipinski definition) is 1. The van der Waals surface area contributed by atoms with Crippen LogP contribution in [0.2, 0.25) is 0 Å². The molecule has 2 amide bonds.